The van der Waals surface area contributed by atoms with E-state index in [1.165, 1.54) is 4.31 Å². The summed E-state index contributed by atoms with van der Waals surface area (Å²) in [6.45, 7) is 4.42. The van der Waals surface area contributed by atoms with Gasteiger partial charge < -0.3 is 0 Å². The Morgan fingerprint density at radius 2 is 2.29 bits per heavy atom. The quantitative estimate of drug-likeness (QED) is 0.706. The first-order valence-corrected chi connectivity index (χ1v) is 6.48. The standard InChI is InChI=1S/C9H16N2O2S/c1-3-9(4-5-10)11-6-8(2)7-14(11,12)13/h8-9H,3-4,6-7H2,1-2H3. The van der Waals surface area contributed by atoms with Crippen molar-refractivity contribution in [2.75, 3.05) is 12.3 Å². The third-order valence-electron chi connectivity index (χ3n) is 2.55. The zero-order valence-corrected chi connectivity index (χ0v) is 9.42. The normalized spacial score (nSPS) is 28.5. The molecule has 1 rings (SSSR count). The molecule has 0 aliphatic carbocycles. The lowest BCUT2D eigenvalue weighted by atomic mass is 10.1. The molecule has 1 saturated heterocycles. The van der Waals surface area contributed by atoms with E-state index < -0.39 is 10.0 Å². The van der Waals surface area contributed by atoms with Gasteiger partial charge in [-0.1, -0.05) is 13.8 Å². The van der Waals surface area contributed by atoms with Crippen LogP contribution < -0.4 is 0 Å². The molecule has 1 fully saturated rings. The van der Waals surface area contributed by atoms with Crippen molar-refractivity contribution in [1.82, 2.24) is 4.31 Å². The second-order valence-electron chi connectivity index (χ2n) is 3.88. The van der Waals surface area contributed by atoms with E-state index in [1.807, 2.05) is 19.9 Å². The van der Waals surface area contributed by atoms with E-state index in [0.29, 0.717) is 19.4 Å². The van der Waals surface area contributed by atoms with Crippen molar-refractivity contribution < 1.29 is 8.42 Å². The van der Waals surface area contributed by atoms with Gasteiger partial charge in [0.2, 0.25) is 10.0 Å². The van der Waals surface area contributed by atoms with Crippen LogP contribution in [0.25, 0.3) is 0 Å². The van der Waals surface area contributed by atoms with Gasteiger partial charge in [-0.15, -0.1) is 0 Å². The van der Waals surface area contributed by atoms with Crippen LogP contribution in [-0.4, -0.2) is 31.1 Å². The van der Waals surface area contributed by atoms with Crippen molar-refractivity contribution in [2.45, 2.75) is 32.7 Å². The van der Waals surface area contributed by atoms with E-state index in [4.69, 9.17) is 5.26 Å². The summed E-state index contributed by atoms with van der Waals surface area (Å²) in [7, 11) is -3.09. The zero-order valence-electron chi connectivity index (χ0n) is 8.60. The van der Waals surface area contributed by atoms with Crippen LogP contribution in [0.3, 0.4) is 0 Å². The first-order chi connectivity index (χ1) is 6.51. The molecule has 1 aliphatic heterocycles. The van der Waals surface area contributed by atoms with Gasteiger partial charge in [0.1, 0.15) is 0 Å². The maximum absolute atomic E-state index is 11.7. The molecule has 0 amide bonds. The van der Waals surface area contributed by atoms with Crippen LogP contribution in [0.15, 0.2) is 0 Å². The Kier molecular flexibility index (Phi) is 3.51. The lowest BCUT2D eigenvalue weighted by Gasteiger charge is -2.22. The van der Waals surface area contributed by atoms with Gasteiger partial charge in [-0.25, -0.2) is 8.42 Å². The molecule has 0 radical (unpaired) electrons. The van der Waals surface area contributed by atoms with E-state index in [-0.39, 0.29) is 17.7 Å². The van der Waals surface area contributed by atoms with Crippen molar-refractivity contribution in [1.29, 1.82) is 5.26 Å². The maximum atomic E-state index is 11.7. The molecule has 0 N–H and O–H groups in total. The smallest absolute Gasteiger partial charge is 0.212 e. The van der Waals surface area contributed by atoms with E-state index in [9.17, 15) is 8.42 Å². The molecule has 1 aliphatic rings. The minimum Gasteiger partial charge on any atom is -0.212 e. The molecule has 4 nitrogen and oxygen atoms in total. The average Bonchev–Trinajstić information content (AvgIpc) is 2.35. The van der Waals surface area contributed by atoms with E-state index >= 15 is 0 Å². The molecule has 2 unspecified atom stereocenters. The van der Waals surface area contributed by atoms with Crippen LogP contribution in [0, 0.1) is 17.2 Å². The van der Waals surface area contributed by atoms with Gasteiger partial charge in [-0.05, 0) is 12.3 Å². The van der Waals surface area contributed by atoms with Crippen molar-refractivity contribution in [3.05, 3.63) is 0 Å². The van der Waals surface area contributed by atoms with E-state index in [2.05, 4.69) is 0 Å². The molecule has 0 aromatic carbocycles. The molecular weight excluding hydrogens is 200 g/mol. The van der Waals surface area contributed by atoms with Gasteiger partial charge in [0.05, 0.1) is 18.2 Å². The Morgan fingerprint density at radius 1 is 1.64 bits per heavy atom. The fourth-order valence-corrected chi connectivity index (χ4v) is 4.04. The van der Waals surface area contributed by atoms with Gasteiger partial charge in [-0.3, -0.25) is 0 Å². The van der Waals surface area contributed by atoms with Crippen LogP contribution >= 0.6 is 0 Å². The summed E-state index contributed by atoms with van der Waals surface area (Å²) in [5.41, 5.74) is 0. The van der Waals surface area contributed by atoms with Gasteiger partial charge in [0.25, 0.3) is 0 Å². The molecular formula is C9H16N2O2S. The molecule has 14 heavy (non-hydrogen) atoms. The van der Waals surface area contributed by atoms with Crippen molar-refractivity contribution in [3.63, 3.8) is 0 Å². The molecule has 0 saturated carbocycles. The molecule has 5 heteroatoms. The Hall–Kier alpha value is -0.600. The van der Waals surface area contributed by atoms with Gasteiger partial charge >= 0.3 is 0 Å². The first-order valence-electron chi connectivity index (χ1n) is 4.87. The third kappa shape index (κ3) is 2.25. The van der Waals surface area contributed by atoms with E-state index in [0.717, 1.165) is 0 Å². The molecule has 0 aromatic rings. The Balaban J connectivity index is 2.82. The Morgan fingerprint density at radius 3 is 2.64 bits per heavy atom. The second kappa shape index (κ2) is 4.28. The van der Waals surface area contributed by atoms with Gasteiger partial charge in [-0.2, -0.15) is 9.57 Å². The fraction of sp³-hybridized carbons (Fsp3) is 0.889. The molecule has 0 bridgehead atoms. The second-order valence-corrected chi connectivity index (χ2v) is 5.84. The Labute approximate surface area is 85.6 Å². The van der Waals surface area contributed by atoms with Gasteiger partial charge in [0.15, 0.2) is 0 Å². The lowest BCUT2D eigenvalue weighted by molar-refractivity contribution is 0.316. The summed E-state index contributed by atoms with van der Waals surface area (Å²) >= 11 is 0. The highest BCUT2D eigenvalue weighted by Gasteiger charge is 2.37. The van der Waals surface area contributed by atoms with Crippen LogP contribution in [0.2, 0.25) is 0 Å². The number of nitrogens with zero attached hydrogens (tertiary/aromatic N) is 2. The summed E-state index contributed by atoms with van der Waals surface area (Å²) < 4.78 is 24.8. The number of rotatable bonds is 3. The van der Waals surface area contributed by atoms with Crippen LogP contribution in [0.5, 0.6) is 0 Å². The number of hydrogen-bond donors (Lipinski definition) is 0. The van der Waals surface area contributed by atoms with Gasteiger partial charge in [0, 0.05) is 12.6 Å². The minimum absolute atomic E-state index is 0.130. The zero-order chi connectivity index (χ0) is 10.8. The van der Waals surface area contributed by atoms with E-state index in [1.54, 1.807) is 0 Å². The average molecular weight is 216 g/mol. The SMILES string of the molecule is CCC(CC#N)N1CC(C)CS1(=O)=O. The van der Waals surface area contributed by atoms with Crippen LogP contribution in [0.1, 0.15) is 26.7 Å². The van der Waals surface area contributed by atoms with Crippen molar-refractivity contribution in [3.8, 4) is 6.07 Å². The third-order valence-corrected chi connectivity index (χ3v) is 4.70. The highest BCUT2D eigenvalue weighted by molar-refractivity contribution is 7.89. The topological polar surface area (TPSA) is 61.2 Å². The molecule has 0 spiro atoms. The predicted molar refractivity (Wildman–Crippen MR) is 54.0 cm³/mol. The molecule has 80 valence electrons. The summed E-state index contributed by atoms with van der Waals surface area (Å²) in [6, 6.07) is 1.91. The number of sulfonamides is 1. The Bertz CT molecular complexity index is 331. The summed E-state index contributed by atoms with van der Waals surface area (Å²) in [5.74, 6) is 0.419. The monoisotopic (exact) mass is 216 g/mol. The van der Waals surface area contributed by atoms with Crippen LogP contribution in [0.4, 0.5) is 0 Å². The first kappa shape index (κ1) is 11.5. The summed E-state index contributed by atoms with van der Waals surface area (Å²) in [4.78, 5) is 0. The number of hydrogen-bond acceptors (Lipinski definition) is 3. The maximum Gasteiger partial charge on any atom is 0.214 e. The molecule has 1 heterocycles. The minimum atomic E-state index is -3.09. The largest absolute Gasteiger partial charge is 0.214 e. The lowest BCUT2D eigenvalue weighted by Crippen LogP contribution is -2.36. The summed E-state index contributed by atoms with van der Waals surface area (Å²) in [6.07, 6.45) is 1.00. The highest BCUT2D eigenvalue weighted by atomic mass is 32.2. The molecule has 2 atom stereocenters. The molecule has 0 aromatic heterocycles. The number of nitriles is 1. The summed E-state index contributed by atoms with van der Waals surface area (Å²) in [5, 5.41) is 8.59. The van der Waals surface area contributed by atoms with Crippen molar-refractivity contribution >= 4 is 10.0 Å². The van der Waals surface area contributed by atoms with Crippen molar-refractivity contribution in [2.24, 2.45) is 5.92 Å². The predicted octanol–water partition coefficient (Wildman–Crippen LogP) is 0.960. The van der Waals surface area contributed by atoms with Crippen LogP contribution in [-0.2, 0) is 10.0 Å². The fourth-order valence-electron chi connectivity index (χ4n) is 1.86. The highest BCUT2D eigenvalue weighted by Crippen LogP contribution is 2.24.